The summed E-state index contributed by atoms with van der Waals surface area (Å²) in [6.45, 7) is 0. The van der Waals surface area contributed by atoms with Gasteiger partial charge in [0, 0.05) is 29.4 Å². The standard InChI is InChI=1S/C13H8ClN3O5/c14-11-6-1-8(7-12(11)17(21)22)13(18)15-9-2-4-10(5-3-9)16(19)20/h1-7H,(H,15,18). The molecule has 2 rings (SSSR count). The van der Waals surface area contributed by atoms with Crippen molar-refractivity contribution in [3.8, 4) is 0 Å². The van der Waals surface area contributed by atoms with Crippen LogP contribution in [0, 0.1) is 20.2 Å². The second kappa shape index (κ2) is 6.19. The van der Waals surface area contributed by atoms with E-state index in [1.165, 1.54) is 36.4 Å². The summed E-state index contributed by atoms with van der Waals surface area (Å²) in [4.78, 5) is 32.1. The molecule has 0 aliphatic rings. The SMILES string of the molecule is O=C(Nc1ccc([N+](=O)[O-])cc1)c1ccc(Cl)c([N+](=O)[O-])c1. The molecule has 8 nitrogen and oxygen atoms in total. The Labute approximate surface area is 128 Å². The number of amides is 1. The zero-order chi connectivity index (χ0) is 16.3. The van der Waals surface area contributed by atoms with Crippen molar-refractivity contribution in [2.45, 2.75) is 0 Å². The highest BCUT2D eigenvalue weighted by atomic mass is 35.5. The molecule has 112 valence electrons. The van der Waals surface area contributed by atoms with Crippen LogP contribution in [-0.2, 0) is 0 Å². The number of nitro groups is 2. The number of benzene rings is 2. The van der Waals surface area contributed by atoms with Gasteiger partial charge in [-0.05, 0) is 24.3 Å². The second-order valence-corrected chi connectivity index (χ2v) is 4.59. The van der Waals surface area contributed by atoms with E-state index in [1.54, 1.807) is 0 Å². The molecule has 0 heterocycles. The van der Waals surface area contributed by atoms with Crippen LogP contribution in [-0.4, -0.2) is 15.8 Å². The van der Waals surface area contributed by atoms with Crippen LogP contribution in [0.2, 0.25) is 5.02 Å². The molecule has 0 aliphatic carbocycles. The summed E-state index contributed by atoms with van der Waals surface area (Å²) in [7, 11) is 0. The Bertz CT molecular complexity index is 761. The third-order valence-corrected chi connectivity index (χ3v) is 3.06. The molecular weight excluding hydrogens is 314 g/mol. The summed E-state index contributed by atoms with van der Waals surface area (Å²) in [6.07, 6.45) is 0. The van der Waals surface area contributed by atoms with E-state index in [-0.39, 0.29) is 22.0 Å². The van der Waals surface area contributed by atoms with Gasteiger partial charge in [-0.2, -0.15) is 0 Å². The molecule has 0 fully saturated rings. The van der Waals surface area contributed by atoms with Crippen LogP contribution in [0.25, 0.3) is 0 Å². The van der Waals surface area contributed by atoms with E-state index in [2.05, 4.69) is 5.32 Å². The summed E-state index contributed by atoms with van der Waals surface area (Å²) in [5.74, 6) is -0.589. The van der Waals surface area contributed by atoms with Gasteiger partial charge >= 0.3 is 0 Å². The monoisotopic (exact) mass is 321 g/mol. The smallest absolute Gasteiger partial charge is 0.288 e. The number of hydrogen-bond donors (Lipinski definition) is 1. The summed E-state index contributed by atoms with van der Waals surface area (Å²) in [6, 6.07) is 8.85. The van der Waals surface area contributed by atoms with E-state index in [4.69, 9.17) is 11.6 Å². The molecule has 0 spiro atoms. The molecule has 0 aromatic heterocycles. The van der Waals surface area contributed by atoms with Crippen molar-refractivity contribution < 1.29 is 14.6 Å². The number of non-ortho nitro benzene ring substituents is 1. The highest BCUT2D eigenvalue weighted by Gasteiger charge is 2.16. The predicted octanol–water partition coefficient (Wildman–Crippen LogP) is 3.41. The first-order valence-electron chi connectivity index (χ1n) is 5.88. The molecule has 1 amide bonds. The van der Waals surface area contributed by atoms with Gasteiger partial charge in [0.1, 0.15) is 5.02 Å². The Morgan fingerprint density at radius 2 is 1.64 bits per heavy atom. The van der Waals surface area contributed by atoms with Crippen molar-refractivity contribution in [3.05, 3.63) is 73.3 Å². The Hall–Kier alpha value is -3.00. The van der Waals surface area contributed by atoms with Gasteiger partial charge in [-0.3, -0.25) is 25.0 Å². The fourth-order valence-corrected chi connectivity index (χ4v) is 1.85. The van der Waals surface area contributed by atoms with Crippen molar-refractivity contribution in [2.75, 3.05) is 5.32 Å². The molecule has 0 aliphatic heterocycles. The minimum atomic E-state index is -0.689. The van der Waals surface area contributed by atoms with E-state index in [9.17, 15) is 25.0 Å². The molecule has 1 N–H and O–H groups in total. The quantitative estimate of drug-likeness (QED) is 0.684. The zero-order valence-corrected chi connectivity index (χ0v) is 11.6. The first kappa shape index (κ1) is 15.4. The van der Waals surface area contributed by atoms with Crippen molar-refractivity contribution >= 4 is 34.6 Å². The van der Waals surface area contributed by atoms with Gasteiger partial charge in [-0.15, -0.1) is 0 Å². The Morgan fingerprint density at radius 1 is 1.00 bits per heavy atom. The van der Waals surface area contributed by atoms with Crippen molar-refractivity contribution in [1.29, 1.82) is 0 Å². The fourth-order valence-electron chi connectivity index (χ4n) is 1.66. The first-order chi connectivity index (χ1) is 10.4. The van der Waals surface area contributed by atoms with Gasteiger partial charge in [0.05, 0.1) is 9.85 Å². The maximum absolute atomic E-state index is 12.0. The van der Waals surface area contributed by atoms with Gasteiger partial charge in [-0.1, -0.05) is 11.6 Å². The zero-order valence-electron chi connectivity index (χ0n) is 10.9. The molecule has 0 bridgehead atoms. The summed E-state index contributed by atoms with van der Waals surface area (Å²) in [5.41, 5.74) is -0.110. The van der Waals surface area contributed by atoms with E-state index >= 15 is 0 Å². The average molecular weight is 322 g/mol. The molecule has 22 heavy (non-hydrogen) atoms. The lowest BCUT2D eigenvalue weighted by Gasteiger charge is -2.05. The molecule has 2 aromatic rings. The van der Waals surface area contributed by atoms with Crippen LogP contribution in [0.1, 0.15) is 10.4 Å². The maximum atomic E-state index is 12.0. The Kier molecular flexibility index (Phi) is 4.33. The summed E-state index contributed by atoms with van der Waals surface area (Å²) in [5, 5.41) is 23.7. The van der Waals surface area contributed by atoms with Gasteiger partial charge in [0.25, 0.3) is 17.3 Å². The predicted molar refractivity (Wildman–Crippen MR) is 79.2 cm³/mol. The van der Waals surface area contributed by atoms with Gasteiger partial charge in [0.15, 0.2) is 0 Å². The van der Waals surface area contributed by atoms with E-state index in [0.29, 0.717) is 5.69 Å². The number of carbonyl (C=O) groups is 1. The highest BCUT2D eigenvalue weighted by Crippen LogP contribution is 2.25. The maximum Gasteiger partial charge on any atom is 0.288 e. The molecule has 0 atom stereocenters. The Morgan fingerprint density at radius 3 is 2.18 bits per heavy atom. The fraction of sp³-hybridized carbons (Fsp3) is 0. The number of nitrogens with one attached hydrogen (secondary N) is 1. The van der Waals surface area contributed by atoms with Gasteiger partial charge < -0.3 is 5.32 Å². The molecule has 9 heteroatoms. The van der Waals surface area contributed by atoms with E-state index in [0.717, 1.165) is 6.07 Å². The van der Waals surface area contributed by atoms with Crippen LogP contribution in [0.3, 0.4) is 0 Å². The molecule has 0 unspecified atom stereocenters. The van der Waals surface area contributed by atoms with Crippen molar-refractivity contribution in [2.24, 2.45) is 0 Å². The Balaban J connectivity index is 2.20. The lowest BCUT2D eigenvalue weighted by molar-refractivity contribution is -0.385. The minimum Gasteiger partial charge on any atom is -0.322 e. The van der Waals surface area contributed by atoms with Gasteiger partial charge in [0.2, 0.25) is 0 Å². The summed E-state index contributed by atoms with van der Waals surface area (Å²) < 4.78 is 0. The molecule has 0 saturated heterocycles. The number of nitro benzene ring substituents is 2. The van der Waals surface area contributed by atoms with Gasteiger partial charge in [-0.25, -0.2) is 0 Å². The number of halogens is 1. The lowest BCUT2D eigenvalue weighted by atomic mass is 10.2. The molecule has 0 radical (unpaired) electrons. The first-order valence-corrected chi connectivity index (χ1v) is 6.26. The molecule has 2 aromatic carbocycles. The number of nitrogens with zero attached hydrogens (tertiary/aromatic N) is 2. The number of carbonyl (C=O) groups excluding carboxylic acids is 1. The van der Waals surface area contributed by atoms with Crippen LogP contribution < -0.4 is 5.32 Å². The van der Waals surface area contributed by atoms with Crippen molar-refractivity contribution in [1.82, 2.24) is 0 Å². The second-order valence-electron chi connectivity index (χ2n) is 4.18. The number of hydrogen-bond acceptors (Lipinski definition) is 5. The van der Waals surface area contributed by atoms with E-state index in [1.807, 2.05) is 0 Å². The van der Waals surface area contributed by atoms with Crippen LogP contribution in [0.4, 0.5) is 17.1 Å². The third kappa shape index (κ3) is 3.36. The van der Waals surface area contributed by atoms with Crippen LogP contribution >= 0.6 is 11.6 Å². The number of rotatable bonds is 4. The normalized spacial score (nSPS) is 10.0. The van der Waals surface area contributed by atoms with Crippen LogP contribution in [0.15, 0.2) is 42.5 Å². The highest BCUT2D eigenvalue weighted by molar-refractivity contribution is 6.32. The molecular formula is C13H8ClN3O5. The largest absolute Gasteiger partial charge is 0.322 e. The number of anilines is 1. The lowest BCUT2D eigenvalue weighted by Crippen LogP contribution is -2.12. The van der Waals surface area contributed by atoms with Crippen molar-refractivity contribution in [3.63, 3.8) is 0 Å². The minimum absolute atomic E-state index is 0.0504. The topological polar surface area (TPSA) is 115 Å². The van der Waals surface area contributed by atoms with Crippen LogP contribution in [0.5, 0.6) is 0 Å². The average Bonchev–Trinajstić information content (AvgIpc) is 2.47. The molecule has 0 saturated carbocycles. The van der Waals surface area contributed by atoms with E-state index < -0.39 is 15.8 Å². The summed E-state index contributed by atoms with van der Waals surface area (Å²) >= 11 is 5.67. The third-order valence-electron chi connectivity index (χ3n) is 2.74.